The van der Waals surface area contributed by atoms with Gasteiger partial charge in [0.1, 0.15) is 5.82 Å². The van der Waals surface area contributed by atoms with Crippen molar-refractivity contribution in [1.82, 2.24) is 29.5 Å². The molecule has 2 aliphatic rings. The number of fused-ring (bicyclic) bond motifs is 1. The minimum absolute atomic E-state index is 0.0533. The maximum atomic E-state index is 13.3. The minimum atomic E-state index is 0.0533. The molecule has 2 fully saturated rings. The second-order valence-corrected chi connectivity index (χ2v) is 11.4. The first kappa shape index (κ1) is 27.5. The number of piperazine rings is 1. The lowest BCUT2D eigenvalue weighted by molar-refractivity contribution is 0.0332. The van der Waals surface area contributed by atoms with Crippen LogP contribution in [-0.2, 0) is 24.8 Å². The summed E-state index contributed by atoms with van der Waals surface area (Å²) in [6, 6.07) is 12.8. The highest BCUT2D eigenvalue weighted by molar-refractivity contribution is 5.98. The Morgan fingerprint density at radius 1 is 0.927 bits per heavy atom. The van der Waals surface area contributed by atoms with Crippen LogP contribution < -0.4 is 4.90 Å². The number of anilines is 1. The molecule has 1 aromatic carbocycles. The minimum Gasteiger partial charge on any atom is -0.379 e. The summed E-state index contributed by atoms with van der Waals surface area (Å²) in [6.07, 6.45) is 5.82. The Labute approximate surface area is 241 Å². The second kappa shape index (κ2) is 12.1. The number of benzene rings is 1. The van der Waals surface area contributed by atoms with Crippen molar-refractivity contribution in [2.75, 3.05) is 57.4 Å². The average molecular weight is 554 g/mol. The van der Waals surface area contributed by atoms with Crippen LogP contribution in [0.3, 0.4) is 0 Å². The number of rotatable bonds is 8. The van der Waals surface area contributed by atoms with E-state index >= 15 is 0 Å². The van der Waals surface area contributed by atoms with Gasteiger partial charge < -0.3 is 9.64 Å². The van der Waals surface area contributed by atoms with Gasteiger partial charge >= 0.3 is 0 Å². The fourth-order valence-electron chi connectivity index (χ4n) is 5.81. The molecule has 2 saturated heterocycles. The monoisotopic (exact) mass is 553 g/mol. The number of hydrogen-bond donors (Lipinski definition) is 0. The lowest BCUT2D eigenvalue weighted by atomic mass is 10.0. The maximum Gasteiger partial charge on any atom is 0.169 e. The van der Waals surface area contributed by atoms with E-state index < -0.39 is 0 Å². The summed E-state index contributed by atoms with van der Waals surface area (Å²) in [7, 11) is 2.00. The Bertz CT molecular complexity index is 1520. The Balaban J connectivity index is 1.18. The van der Waals surface area contributed by atoms with Crippen LogP contribution in [0.15, 0.2) is 55.0 Å². The fourth-order valence-corrected chi connectivity index (χ4v) is 5.81. The largest absolute Gasteiger partial charge is 0.379 e. The molecule has 0 radical (unpaired) electrons. The van der Waals surface area contributed by atoms with Crippen LogP contribution in [-0.4, -0.2) is 93.9 Å². The van der Waals surface area contributed by atoms with E-state index in [1.54, 1.807) is 6.20 Å². The molecule has 0 aliphatic carbocycles. The van der Waals surface area contributed by atoms with E-state index in [9.17, 15) is 4.79 Å². The van der Waals surface area contributed by atoms with E-state index in [0.29, 0.717) is 11.6 Å². The van der Waals surface area contributed by atoms with Crippen molar-refractivity contribution >= 4 is 22.4 Å². The molecule has 5 heterocycles. The third kappa shape index (κ3) is 6.17. The standard InChI is InChI=1S/C32H39N7O2/c1-23(2)38-8-10-39(11-9-38)32-18-25(6-7-33-32)31(40)19-28-17-27-16-24(4-5-26(27)20-34-28)29-21-35-36(3)30(29)22-37-12-14-41-15-13-37/h4-7,16-18,20-21,23H,8-15,19,22H2,1-3H3. The summed E-state index contributed by atoms with van der Waals surface area (Å²) in [4.78, 5) is 29.7. The SMILES string of the molecule is CC(C)N1CCN(c2cc(C(=O)Cc3cc4cc(-c5cnn(C)c5CN5CCOCC5)ccc4cn3)ccn2)CC1. The molecule has 2 aliphatic heterocycles. The van der Waals surface area contributed by atoms with Crippen molar-refractivity contribution in [3.8, 4) is 11.1 Å². The molecule has 214 valence electrons. The van der Waals surface area contributed by atoms with Crippen LogP contribution in [0.5, 0.6) is 0 Å². The lowest BCUT2D eigenvalue weighted by Gasteiger charge is -2.37. The Hall–Kier alpha value is -3.66. The van der Waals surface area contributed by atoms with Crippen molar-refractivity contribution in [2.45, 2.75) is 32.9 Å². The highest BCUT2D eigenvalue weighted by Crippen LogP contribution is 2.28. The van der Waals surface area contributed by atoms with E-state index in [1.165, 1.54) is 5.69 Å². The number of nitrogens with zero attached hydrogens (tertiary/aromatic N) is 7. The first-order valence-corrected chi connectivity index (χ1v) is 14.6. The molecule has 0 atom stereocenters. The number of morpholine rings is 1. The van der Waals surface area contributed by atoms with Gasteiger partial charge in [-0.2, -0.15) is 5.10 Å². The highest BCUT2D eigenvalue weighted by atomic mass is 16.5. The van der Waals surface area contributed by atoms with Crippen molar-refractivity contribution in [3.05, 3.63) is 71.9 Å². The van der Waals surface area contributed by atoms with E-state index in [4.69, 9.17) is 4.74 Å². The van der Waals surface area contributed by atoms with Gasteiger partial charge in [-0.3, -0.25) is 24.3 Å². The van der Waals surface area contributed by atoms with Gasteiger partial charge in [-0.25, -0.2) is 4.98 Å². The van der Waals surface area contributed by atoms with Gasteiger partial charge in [0.05, 0.1) is 31.5 Å². The number of Topliss-reactive ketones (excluding diaryl/α,β-unsaturated/α-hetero) is 1. The average Bonchev–Trinajstić information content (AvgIpc) is 3.36. The summed E-state index contributed by atoms with van der Waals surface area (Å²) in [6.45, 7) is 12.6. The molecule has 4 aromatic rings. The number of carbonyl (C=O) groups excluding carboxylic acids is 1. The number of ether oxygens (including phenoxy) is 1. The highest BCUT2D eigenvalue weighted by Gasteiger charge is 2.21. The van der Waals surface area contributed by atoms with Crippen LogP contribution in [0.4, 0.5) is 5.82 Å². The van der Waals surface area contributed by atoms with E-state index in [2.05, 4.69) is 61.8 Å². The molecule has 0 unspecified atom stereocenters. The molecule has 0 saturated carbocycles. The van der Waals surface area contributed by atoms with Crippen LogP contribution in [0, 0.1) is 0 Å². The van der Waals surface area contributed by atoms with E-state index in [-0.39, 0.29) is 12.2 Å². The van der Waals surface area contributed by atoms with Gasteiger partial charge in [0, 0.05) is 93.5 Å². The second-order valence-electron chi connectivity index (χ2n) is 11.4. The molecule has 41 heavy (non-hydrogen) atoms. The maximum absolute atomic E-state index is 13.3. The van der Waals surface area contributed by atoms with Crippen molar-refractivity contribution in [1.29, 1.82) is 0 Å². The summed E-state index contributed by atoms with van der Waals surface area (Å²) in [5.41, 5.74) is 4.89. The van der Waals surface area contributed by atoms with Crippen molar-refractivity contribution < 1.29 is 9.53 Å². The zero-order chi connectivity index (χ0) is 28.3. The van der Waals surface area contributed by atoms with Gasteiger partial charge in [-0.1, -0.05) is 12.1 Å². The Kier molecular flexibility index (Phi) is 8.09. The normalized spacial score (nSPS) is 17.0. The Morgan fingerprint density at radius 3 is 2.51 bits per heavy atom. The van der Waals surface area contributed by atoms with Gasteiger partial charge in [-0.05, 0) is 49.1 Å². The Morgan fingerprint density at radius 2 is 1.73 bits per heavy atom. The van der Waals surface area contributed by atoms with Gasteiger partial charge in [0.15, 0.2) is 5.78 Å². The van der Waals surface area contributed by atoms with Crippen LogP contribution in [0.1, 0.15) is 35.6 Å². The molecule has 0 amide bonds. The van der Waals surface area contributed by atoms with Crippen LogP contribution in [0.25, 0.3) is 21.9 Å². The number of pyridine rings is 2. The predicted molar refractivity (Wildman–Crippen MR) is 161 cm³/mol. The van der Waals surface area contributed by atoms with Gasteiger partial charge in [0.2, 0.25) is 0 Å². The lowest BCUT2D eigenvalue weighted by Crippen LogP contribution is -2.49. The van der Waals surface area contributed by atoms with Gasteiger partial charge in [-0.15, -0.1) is 0 Å². The quantitative estimate of drug-likeness (QED) is 0.305. The number of carbonyl (C=O) groups is 1. The molecular weight excluding hydrogens is 514 g/mol. The summed E-state index contributed by atoms with van der Waals surface area (Å²) < 4.78 is 7.49. The van der Waals surface area contributed by atoms with Gasteiger partial charge in [0.25, 0.3) is 0 Å². The fraction of sp³-hybridized carbons (Fsp3) is 0.438. The smallest absolute Gasteiger partial charge is 0.169 e. The molecule has 9 nitrogen and oxygen atoms in total. The van der Waals surface area contributed by atoms with Crippen molar-refractivity contribution in [2.24, 2.45) is 7.05 Å². The molecule has 9 heteroatoms. The molecule has 6 rings (SSSR count). The number of aromatic nitrogens is 4. The summed E-state index contributed by atoms with van der Waals surface area (Å²) in [5.74, 6) is 0.928. The first-order valence-electron chi connectivity index (χ1n) is 14.6. The molecule has 0 N–H and O–H groups in total. The number of ketones is 1. The first-order chi connectivity index (χ1) is 19.9. The molecule has 3 aromatic heterocycles. The summed E-state index contributed by atoms with van der Waals surface area (Å²) >= 11 is 0. The third-order valence-electron chi connectivity index (χ3n) is 8.41. The zero-order valence-electron chi connectivity index (χ0n) is 24.3. The van der Waals surface area contributed by atoms with Crippen LogP contribution >= 0.6 is 0 Å². The number of aryl methyl sites for hydroxylation is 1. The topological polar surface area (TPSA) is 79.6 Å². The molecule has 0 spiro atoms. The zero-order valence-corrected chi connectivity index (χ0v) is 24.3. The number of hydrogen-bond acceptors (Lipinski definition) is 8. The third-order valence-corrected chi connectivity index (χ3v) is 8.41. The van der Waals surface area contributed by atoms with Crippen molar-refractivity contribution in [3.63, 3.8) is 0 Å². The van der Waals surface area contributed by atoms with E-state index in [0.717, 1.165) is 92.4 Å². The van der Waals surface area contributed by atoms with E-state index in [1.807, 2.05) is 42.3 Å². The summed E-state index contributed by atoms with van der Waals surface area (Å²) in [5, 5.41) is 6.69. The predicted octanol–water partition coefficient (Wildman–Crippen LogP) is 3.82. The van der Waals surface area contributed by atoms with Crippen LogP contribution in [0.2, 0.25) is 0 Å². The molecular formula is C32H39N7O2. The molecule has 0 bridgehead atoms.